The molecule has 0 aliphatic rings. The van der Waals surface area contributed by atoms with Gasteiger partial charge in [0.1, 0.15) is 11.3 Å². The van der Waals surface area contributed by atoms with Crippen LogP contribution in [0.1, 0.15) is 32.8 Å². The Morgan fingerprint density at radius 2 is 1.97 bits per heavy atom. The van der Waals surface area contributed by atoms with Crippen LogP contribution < -0.4 is 10.1 Å². The fraction of sp³-hybridized carbons (Fsp3) is 0.320. The summed E-state index contributed by atoms with van der Waals surface area (Å²) in [6.07, 6.45) is 4.28. The number of fused-ring (bicyclic) bond motifs is 1. The molecule has 0 saturated heterocycles. The summed E-state index contributed by atoms with van der Waals surface area (Å²) in [5.41, 5.74) is 4.32. The molecular formula is C25H28ClNO4. The number of rotatable bonds is 9. The van der Waals surface area contributed by atoms with Gasteiger partial charge in [-0.3, -0.25) is 4.79 Å². The highest BCUT2D eigenvalue weighted by Crippen LogP contribution is 2.37. The smallest absolute Gasteiger partial charge is 0.244 e. The zero-order chi connectivity index (χ0) is 22.4. The molecule has 0 bridgehead atoms. The van der Waals surface area contributed by atoms with Gasteiger partial charge in [-0.1, -0.05) is 23.7 Å². The Morgan fingerprint density at radius 3 is 2.65 bits per heavy atom. The van der Waals surface area contributed by atoms with Crippen molar-refractivity contribution in [3.05, 3.63) is 59.3 Å². The fourth-order valence-corrected chi connectivity index (χ4v) is 3.44. The highest BCUT2D eigenvalue weighted by Gasteiger charge is 2.15. The van der Waals surface area contributed by atoms with Gasteiger partial charge >= 0.3 is 0 Å². The van der Waals surface area contributed by atoms with Crippen molar-refractivity contribution in [2.24, 2.45) is 0 Å². The summed E-state index contributed by atoms with van der Waals surface area (Å²) < 4.78 is 16.8. The molecule has 6 heteroatoms. The summed E-state index contributed by atoms with van der Waals surface area (Å²) >= 11 is 6.02. The Morgan fingerprint density at radius 1 is 1.23 bits per heavy atom. The predicted molar refractivity (Wildman–Crippen MR) is 126 cm³/mol. The number of hydrogen-bond donors (Lipinski definition) is 1. The van der Waals surface area contributed by atoms with Crippen LogP contribution in [0, 0.1) is 0 Å². The molecule has 0 radical (unpaired) electrons. The zero-order valence-electron chi connectivity index (χ0n) is 18.3. The minimum atomic E-state index is -0.144. The van der Waals surface area contributed by atoms with Crippen LogP contribution in [-0.2, 0) is 9.53 Å². The van der Waals surface area contributed by atoms with Crippen molar-refractivity contribution in [1.82, 2.24) is 5.32 Å². The quantitative estimate of drug-likeness (QED) is 0.322. The average Bonchev–Trinajstić information content (AvgIpc) is 3.15. The van der Waals surface area contributed by atoms with Crippen molar-refractivity contribution >= 4 is 34.1 Å². The van der Waals surface area contributed by atoms with Crippen LogP contribution in [0.15, 0.2) is 53.2 Å². The molecule has 1 heterocycles. The number of hydrogen-bond acceptors (Lipinski definition) is 4. The third-order valence-electron chi connectivity index (χ3n) is 4.89. The molecule has 2 aromatic carbocycles. The molecule has 0 unspecified atom stereocenters. The molecule has 0 aliphatic carbocycles. The first kappa shape index (κ1) is 22.9. The van der Waals surface area contributed by atoms with Crippen molar-refractivity contribution in [2.75, 3.05) is 20.3 Å². The maximum absolute atomic E-state index is 12.4. The molecule has 0 spiro atoms. The third kappa shape index (κ3) is 5.90. The standard InChI is InChI=1S/C25H28ClNO4/c1-16(2)30-11-5-10-27-25(28)12-17(3)20-13-21-22(18-6-8-19(26)9-7-18)15-31-24(21)14-23(20)29-4/h6-9,12-16H,5,10-11H2,1-4H3,(H,27,28)/b17-12+. The Hall–Kier alpha value is -2.76. The van der Waals surface area contributed by atoms with Crippen LogP contribution in [0.4, 0.5) is 0 Å². The largest absolute Gasteiger partial charge is 0.496 e. The van der Waals surface area contributed by atoms with Gasteiger partial charge in [0.2, 0.25) is 5.91 Å². The zero-order valence-corrected chi connectivity index (χ0v) is 19.1. The van der Waals surface area contributed by atoms with Gasteiger partial charge in [0.25, 0.3) is 0 Å². The lowest BCUT2D eigenvalue weighted by atomic mass is 9.99. The lowest BCUT2D eigenvalue weighted by Crippen LogP contribution is -2.23. The van der Waals surface area contributed by atoms with E-state index in [1.807, 2.05) is 57.2 Å². The summed E-state index contributed by atoms with van der Waals surface area (Å²) in [6.45, 7) is 7.07. The minimum Gasteiger partial charge on any atom is -0.496 e. The second kappa shape index (κ2) is 10.5. The van der Waals surface area contributed by atoms with Gasteiger partial charge in [0.05, 0.1) is 19.5 Å². The second-order valence-electron chi connectivity index (χ2n) is 7.60. The van der Waals surface area contributed by atoms with E-state index in [9.17, 15) is 4.79 Å². The van der Waals surface area contributed by atoms with E-state index in [-0.39, 0.29) is 12.0 Å². The number of halogens is 1. The molecule has 0 saturated carbocycles. The van der Waals surface area contributed by atoms with Crippen molar-refractivity contribution in [2.45, 2.75) is 33.3 Å². The van der Waals surface area contributed by atoms with Gasteiger partial charge in [0, 0.05) is 46.8 Å². The molecule has 3 aromatic rings. The fourth-order valence-electron chi connectivity index (χ4n) is 3.31. The summed E-state index contributed by atoms with van der Waals surface area (Å²) in [4.78, 5) is 12.4. The minimum absolute atomic E-state index is 0.144. The van der Waals surface area contributed by atoms with Crippen molar-refractivity contribution < 1.29 is 18.7 Å². The molecule has 1 aromatic heterocycles. The number of carbonyl (C=O) groups excluding carboxylic acids is 1. The Kier molecular flexibility index (Phi) is 7.77. The average molecular weight is 442 g/mol. The summed E-state index contributed by atoms with van der Waals surface area (Å²) in [6, 6.07) is 11.5. The number of benzene rings is 2. The van der Waals surface area contributed by atoms with Gasteiger partial charge in [-0.2, -0.15) is 0 Å². The first-order valence-corrected chi connectivity index (χ1v) is 10.7. The number of amides is 1. The molecule has 31 heavy (non-hydrogen) atoms. The Labute approximate surface area is 188 Å². The van der Waals surface area contributed by atoms with Crippen LogP contribution in [0.3, 0.4) is 0 Å². The number of carbonyl (C=O) groups is 1. The van der Waals surface area contributed by atoms with Gasteiger partial charge in [0.15, 0.2) is 0 Å². The van der Waals surface area contributed by atoms with E-state index in [1.165, 1.54) is 0 Å². The third-order valence-corrected chi connectivity index (χ3v) is 5.15. The molecule has 5 nitrogen and oxygen atoms in total. The lowest BCUT2D eigenvalue weighted by molar-refractivity contribution is -0.116. The number of nitrogens with one attached hydrogen (secondary N) is 1. The van der Waals surface area contributed by atoms with Crippen LogP contribution in [0.5, 0.6) is 5.75 Å². The molecule has 1 N–H and O–H groups in total. The van der Waals surface area contributed by atoms with E-state index in [1.54, 1.807) is 19.4 Å². The van der Waals surface area contributed by atoms with Crippen molar-refractivity contribution in [3.63, 3.8) is 0 Å². The number of ether oxygens (including phenoxy) is 2. The maximum Gasteiger partial charge on any atom is 0.244 e. The number of furan rings is 1. The van der Waals surface area contributed by atoms with E-state index in [0.717, 1.165) is 34.1 Å². The van der Waals surface area contributed by atoms with Crippen LogP contribution >= 0.6 is 11.6 Å². The van der Waals surface area contributed by atoms with Crippen molar-refractivity contribution in [3.8, 4) is 16.9 Å². The summed E-state index contributed by atoms with van der Waals surface area (Å²) in [5, 5.41) is 4.52. The van der Waals surface area contributed by atoms with Gasteiger partial charge < -0.3 is 19.2 Å². The van der Waals surface area contributed by atoms with Crippen LogP contribution in [0.2, 0.25) is 5.02 Å². The summed E-state index contributed by atoms with van der Waals surface area (Å²) in [7, 11) is 1.61. The van der Waals surface area contributed by atoms with Gasteiger partial charge in [-0.15, -0.1) is 0 Å². The molecule has 0 aliphatic heterocycles. The molecule has 0 fully saturated rings. The highest BCUT2D eigenvalue weighted by molar-refractivity contribution is 6.30. The normalized spacial score (nSPS) is 11.9. The van der Waals surface area contributed by atoms with Crippen LogP contribution in [0.25, 0.3) is 27.7 Å². The molecule has 164 valence electrons. The SMILES string of the molecule is COc1cc2occ(-c3ccc(Cl)cc3)c2cc1/C(C)=C/C(=O)NCCCOC(C)C. The molecule has 1 amide bonds. The van der Waals surface area contributed by atoms with E-state index in [2.05, 4.69) is 5.32 Å². The predicted octanol–water partition coefficient (Wildman–Crippen LogP) is 6.10. The molecule has 0 atom stereocenters. The van der Waals surface area contributed by atoms with Crippen molar-refractivity contribution in [1.29, 1.82) is 0 Å². The van der Waals surface area contributed by atoms with Gasteiger partial charge in [-0.25, -0.2) is 0 Å². The Balaban J connectivity index is 1.82. The number of methoxy groups -OCH3 is 1. The van der Waals surface area contributed by atoms with E-state index >= 15 is 0 Å². The highest BCUT2D eigenvalue weighted by atomic mass is 35.5. The molecule has 3 rings (SSSR count). The first-order valence-electron chi connectivity index (χ1n) is 10.3. The van der Waals surface area contributed by atoms with Gasteiger partial charge in [-0.05, 0) is 56.5 Å². The molecular weight excluding hydrogens is 414 g/mol. The second-order valence-corrected chi connectivity index (χ2v) is 8.03. The lowest BCUT2D eigenvalue weighted by Gasteiger charge is -2.10. The first-order chi connectivity index (χ1) is 14.9. The number of allylic oxidation sites excluding steroid dienone is 1. The van der Waals surface area contributed by atoms with E-state index in [4.69, 9.17) is 25.5 Å². The Bertz CT molecular complexity index is 1070. The maximum atomic E-state index is 12.4. The summed E-state index contributed by atoms with van der Waals surface area (Å²) in [5.74, 6) is 0.505. The van der Waals surface area contributed by atoms with E-state index < -0.39 is 0 Å². The van der Waals surface area contributed by atoms with E-state index in [0.29, 0.717) is 29.5 Å². The monoisotopic (exact) mass is 441 g/mol. The topological polar surface area (TPSA) is 60.7 Å². The van der Waals surface area contributed by atoms with Crippen LogP contribution in [-0.4, -0.2) is 32.3 Å².